The number of benzene rings is 3. The van der Waals surface area contributed by atoms with Gasteiger partial charge in [0.05, 0.1) is 16.9 Å². The van der Waals surface area contributed by atoms with E-state index in [-0.39, 0.29) is 33.8 Å². The van der Waals surface area contributed by atoms with Crippen LogP contribution in [0.4, 0.5) is 8.78 Å². The molecule has 206 valence electrons. The molecule has 2 amide bonds. The van der Waals surface area contributed by atoms with E-state index in [1.165, 1.54) is 49.5 Å². The number of carbonyl (C=O) groups excluding carboxylic acids is 2. The van der Waals surface area contributed by atoms with E-state index < -0.39 is 33.3 Å². The lowest BCUT2D eigenvalue weighted by molar-refractivity contribution is -0.0439. The van der Waals surface area contributed by atoms with Crippen LogP contribution in [-0.4, -0.2) is 39.1 Å². The summed E-state index contributed by atoms with van der Waals surface area (Å²) in [5.41, 5.74) is 1.59. The van der Waals surface area contributed by atoms with E-state index in [2.05, 4.69) is 10.6 Å². The maximum Gasteiger partial charge on any atom is 0.255 e. The molecule has 4 aromatic rings. The van der Waals surface area contributed by atoms with Gasteiger partial charge in [-0.3, -0.25) is 9.59 Å². The average Bonchev–Trinajstić information content (AvgIpc) is 3.23. The Hall–Kier alpha value is -4.05. The van der Waals surface area contributed by atoms with Crippen molar-refractivity contribution in [3.8, 4) is 22.5 Å². The number of carbonyl (C=O) groups is 2. The van der Waals surface area contributed by atoms with Crippen LogP contribution in [0.1, 0.15) is 45.5 Å². The Bertz CT molecular complexity index is 1800. The van der Waals surface area contributed by atoms with E-state index >= 15 is 0 Å². The van der Waals surface area contributed by atoms with Gasteiger partial charge >= 0.3 is 0 Å². The van der Waals surface area contributed by atoms with Crippen LogP contribution in [0, 0.1) is 17.6 Å². The molecule has 0 unspecified atom stereocenters. The van der Waals surface area contributed by atoms with Crippen LogP contribution in [0.2, 0.25) is 0 Å². The minimum atomic E-state index is -3.45. The molecule has 10 heteroatoms. The van der Waals surface area contributed by atoms with Crippen molar-refractivity contribution >= 4 is 32.6 Å². The number of sulfone groups is 1. The second-order valence-corrected chi connectivity index (χ2v) is 13.0. The monoisotopic (exact) mass is 564 g/mol. The van der Waals surface area contributed by atoms with Crippen molar-refractivity contribution in [1.82, 2.24) is 10.6 Å². The van der Waals surface area contributed by atoms with E-state index in [1.54, 1.807) is 12.1 Å². The molecule has 0 aliphatic heterocycles. The van der Waals surface area contributed by atoms with Crippen molar-refractivity contribution in [2.75, 3.05) is 13.3 Å². The van der Waals surface area contributed by atoms with E-state index in [9.17, 15) is 26.8 Å². The highest BCUT2D eigenvalue weighted by Crippen LogP contribution is 2.57. The number of furan rings is 1. The Morgan fingerprint density at radius 3 is 2.25 bits per heavy atom. The molecule has 1 heterocycles. The smallest absolute Gasteiger partial charge is 0.255 e. The zero-order chi connectivity index (χ0) is 28.4. The summed E-state index contributed by atoms with van der Waals surface area (Å²) in [6.07, 6.45) is 3.78. The van der Waals surface area contributed by atoms with Crippen molar-refractivity contribution < 1.29 is 31.2 Å². The molecular weight excluding hydrogens is 538 g/mol. The van der Waals surface area contributed by atoms with Gasteiger partial charge in [-0.25, -0.2) is 17.2 Å². The minimum Gasteiger partial charge on any atom is -0.455 e. The summed E-state index contributed by atoms with van der Waals surface area (Å²) in [6.45, 7) is 0. The van der Waals surface area contributed by atoms with Crippen LogP contribution in [0.5, 0.6) is 0 Å². The summed E-state index contributed by atoms with van der Waals surface area (Å²) in [5, 5.41) is 5.93. The molecule has 3 aliphatic rings. The number of hydrogen-bond acceptors (Lipinski definition) is 5. The summed E-state index contributed by atoms with van der Waals surface area (Å²) in [7, 11) is -2.00. The number of hydrogen-bond donors (Lipinski definition) is 2. The molecule has 2 bridgehead atoms. The standard InChI is InChI=1S/C30H26F2N2O5S/c1-33-29(36)26-25-21(19-5-8-23(32)22(11-19)28(35)34-30-12-17(13-30)14-30)9-16(15-40(2,37)38)10-24(25)39-27(26)18-3-6-20(31)7-4-18/h3-11,17H,12-15H2,1-2H3,(H,33,36)(H,34,35). The van der Waals surface area contributed by atoms with Crippen LogP contribution in [-0.2, 0) is 15.6 Å². The summed E-state index contributed by atoms with van der Waals surface area (Å²) >= 11 is 0. The molecule has 1 aromatic heterocycles. The van der Waals surface area contributed by atoms with Crippen LogP contribution in [0.3, 0.4) is 0 Å². The summed E-state index contributed by atoms with van der Waals surface area (Å²) in [6, 6.07) is 12.6. The Morgan fingerprint density at radius 1 is 0.975 bits per heavy atom. The molecule has 0 spiro atoms. The second-order valence-electron chi connectivity index (χ2n) is 10.9. The van der Waals surface area contributed by atoms with Crippen molar-refractivity contribution in [2.24, 2.45) is 5.92 Å². The number of amides is 2. The molecule has 2 N–H and O–H groups in total. The van der Waals surface area contributed by atoms with Crippen molar-refractivity contribution in [2.45, 2.75) is 30.6 Å². The lowest BCUT2D eigenvalue weighted by Gasteiger charge is -2.61. The molecule has 3 aliphatic carbocycles. The number of halogens is 2. The van der Waals surface area contributed by atoms with Gasteiger partial charge in [0, 0.05) is 29.8 Å². The van der Waals surface area contributed by atoms with Gasteiger partial charge in [0.1, 0.15) is 23.0 Å². The van der Waals surface area contributed by atoms with Gasteiger partial charge in [0.15, 0.2) is 9.84 Å². The van der Waals surface area contributed by atoms with Crippen molar-refractivity contribution in [3.63, 3.8) is 0 Å². The molecule has 3 aromatic carbocycles. The molecule has 0 saturated heterocycles. The molecule has 0 radical (unpaired) electrons. The van der Waals surface area contributed by atoms with Crippen molar-refractivity contribution in [1.29, 1.82) is 0 Å². The first-order valence-electron chi connectivity index (χ1n) is 12.8. The van der Waals surface area contributed by atoms with Gasteiger partial charge in [0.25, 0.3) is 11.8 Å². The van der Waals surface area contributed by atoms with E-state index in [0.717, 1.165) is 25.5 Å². The highest BCUT2D eigenvalue weighted by molar-refractivity contribution is 7.89. The third-order valence-corrected chi connectivity index (χ3v) is 8.64. The largest absolute Gasteiger partial charge is 0.455 e. The van der Waals surface area contributed by atoms with Crippen LogP contribution >= 0.6 is 0 Å². The zero-order valence-corrected chi connectivity index (χ0v) is 22.6. The predicted octanol–water partition coefficient (Wildman–Crippen LogP) is 5.23. The Morgan fingerprint density at radius 2 is 1.65 bits per heavy atom. The molecule has 7 nitrogen and oxygen atoms in total. The fourth-order valence-electron chi connectivity index (χ4n) is 5.85. The minimum absolute atomic E-state index is 0.146. The molecular formula is C30H26F2N2O5S. The molecule has 3 saturated carbocycles. The Balaban J connectivity index is 1.56. The third-order valence-electron chi connectivity index (χ3n) is 7.78. The Kier molecular flexibility index (Phi) is 6.06. The van der Waals surface area contributed by atoms with Crippen LogP contribution < -0.4 is 10.6 Å². The van der Waals surface area contributed by atoms with E-state index in [1.807, 2.05) is 0 Å². The van der Waals surface area contributed by atoms with Gasteiger partial charge in [-0.2, -0.15) is 0 Å². The zero-order valence-electron chi connectivity index (χ0n) is 21.8. The SMILES string of the molecule is CNC(=O)c1c(-c2ccc(F)cc2)oc2cc(CS(C)(=O)=O)cc(-c3ccc(F)c(C(=O)NC45CC(C4)C5)c3)c12. The first-order chi connectivity index (χ1) is 18.9. The number of rotatable bonds is 7. The van der Waals surface area contributed by atoms with Gasteiger partial charge < -0.3 is 15.1 Å². The van der Waals surface area contributed by atoms with E-state index in [4.69, 9.17) is 4.42 Å². The lowest BCUT2D eigenvalue weighted by atomic mass is 9.50. The second kappa shape index (κ2) is 9.26. The van der Waals surface area contributed by atoms with Gasteiger partial charge in [-0.05, 0) is 90.4 Å². The fraction of sp³-hybridized carbons (Fsp3) is 0.267. The summed E-state index contributed by atoms with van der Waals surface area (Å²) in [4.78, 5) is 26.3. The first-order valence-corrected chi connectivity index (χ1v) is 14.9. The van der Waals surface area contributed by atoms with Crippen LogP contribution in [0.15, 0.2) is 59.0 Å². The number of nitrogens with one attached hydrogen (secondary N) is 2. The first kappa shape index (κ1) is 26.2. The fourth-order valence-corrected chi connectivity index (χ4v) is 6.62. The van der Waals surface area contributed by atoms with Crippen molar-refractivity contribution in [3.05, 3.63) is 82.9 Å². The normalized spacial score (nSPS) is 19.6. The third kappa shape index (κ3) is 4.56. The molecule has 3 fully saturated rings. The summed E-state index contributed by atoms with van der Waals surface area (Å²) in [5.74, 6) is -1.69. The quantitative estimate of drug-likeness (QED) is 0.320. The Labute approximate surface area is 229 Å². The van der Waals surface area contributed by atoms with E-state index in [0.29, 0.717) is 33.6 Å². The molecule has 40 heavy (non-hydrogen) atoms. The van der Waals surface area contributed by atoms with Crippen LogP contribution in [0.25, 0.3) is 33.4 Å². The van der Waals surface area contributed by atoms with Gasteiger partial charge in [-0.15, -0.1) is 0 Å². The number of fused-ring (bicyclic) bond motifs is 1. The lowest BCUT2D eigenvalue weighted by Crippen LogP contribution is -2.68. The average molecular weight is 565 g/mol. The highest BCUT2D eigenvalue weighted by Gasteiger charge is 2.57. The summed E-state index contributed by atoms with van der Waals surface area (Å²) < 4.78 is 59.1. The van der Waals surface area contributed by atoms with Gasteiger partial charge in [-0.1, -0.05) is 6.07 Å². The van der Waals surface area contributed by atoms with Gasteiger partial charge in [0.2, 0.25) is 0 Å². The maximum atomic E-state index is 14.9. The highest BCUT2D eigenvalue weighted by atomic mass is 32.2. The topological polar surface area (TPSA) is 105 Å². The predicted molar refractivity (Wildman–Crippen MR) is 146 cm³/mol. The maximum absolute atomic E-state index is 14.9. The molecule has 0 atom stereocenters. The molecule has 7 rings (SSSR count).